The maximum atomic E-state index is 5.25. The Labute approximate surface area is 122 Å². The molecule has 0 aliphatic heterocycles. The van der Waals surface area contributed by atoms with Crippen LogP contribution in [0.3, 0.4) is 0 Å². The lowest BCUT2D eigenvalue weighted by molar-refractivity contribution is 0.0785. The summed E-state index contributed by atoms with van der Waals surface area (Å²) in [5, 5.41) is 3.48. The van der Waals surface area contributed by atoms with Gasteiger partial charge in [-0.15, -0.1) is 0 Å². The molecular weight excluding hydrogens is 252 g/mol. The van der Waals surface area contributed by atoms with Gasteiger partial charge in [0.25, 0.3) is 0 Å². The quantitative estimate of drug-likeness (QED) is 0.781. The number of nitrogens with one attached hydrogen (secondary N) is 1. The molecule has 0 saturated heterocycles. The Morgan fingerprint density at radius 3 is 2.40 bits per heavy atom. The highest BCUT2D eigenvalue weighted by atomic mass is 16.5. The molecule has 4 nitrogen and oxygen atoms in total. The fourth-order valence-electron chi connectivity index (χ4n) is 3.12. The van der Waals surface area contributed by atoms with E-state index in [1.54, 1.807) is 14.2 Å². The zero-order valence-corrected chi connectivity index (χ0v) is 12.8. The summed E-state index contributed by atoms with van der Waals surface area (Å²) >= 11 is 0. The fourth-order valence-corrected chi connectivity index (χ4v) is 3.12. The van der Waals surface area contributed by atoms with Gasteiger partial charge >= 0.3 is 0 Å². The van der Waals surface area contributed by atoms with E-state index in [9.17, 15) is 0 Å². The van der Waals surface area contributed by atoms with E-state index in [0.717, 1.165) is 32.7 Å². The van der Waals surface area contributed by atoms with Crippen LogP contribution in [0.4, 0.5) is 0 Å². The highest BCUT2D eigenvalue weighted by Crippen LogP contribution is 2.34. The largest absolute Gasteiger partial charge is 0.383 e. The number of likely N-dealkylation sites (N-methyl/N-ethyl adjacent to an activating group) is 1. The van der Waals surface area contributed by atoms with Crippen molar-refractivity contribution in [3.05, 3.63) is 35.4 Å². The first-order valence-electron chi connectivity index (χ1n) is 7.28. The van der Waals surface area contributed by atoms with Gasteiger partial charge in [0.1, 0.15) is 0 Å². The fraction of sp³-hybridized carbons (Fsp3) is 0.625. The second-order valence-electron chi connectivity index (χ2n) is 5.26. The minimum atomic E-state index is 0.389. The van der Waals surface area contributed by atoms with E-state index in [1.807, 2.05) is 7.05 Å². The molecule has 0 aromatic heterocycles. The molecule has 112 valence electrons. The molecular formula is C16H26N2O2. The van der Waals surface area contributed by atoms with Crippen molar-refractivity contribution in [2.24, 2.45) is 0 Å². The normalized spacial score (nSPS) is 21.4. The predicted octanol–water partition coefficient (Wildman–Crippen LogP) is 1.47. The van der Waals surface area contributed by atoms with Crippen molar-refractivity contribution in [2.75, 3.05) is 47.6 Å². The van der Waals surface area contributed by atoms with Crippen molar-refractivity contribution in [3.8, 4) is 0 Å². The number of methoxy groups -OCH3 is 2. The van der Waals surface area contributed by atoms with Crippen LogP contribution in [0.15, 0.2) is 24.3 Å². The molecule has 0 heterocycles. The van der Waals surface area contributed by atoms with Crippen LogP contribution in [0, 0.1) is 0 Å². The van der Waals surface area contributed by atoms with E-state index in [2.05, 4.69) is 34.5 Å². The van der Waals surface area contributed by atoms with E-state index in [-0.39, 0.29) is 0 Å². The third-order valence-electron chi connectivity index (χ3n) is 4.15. The molecule has 1 N–H and O–H groups in total. The zero-order valence-electron chi connectivity index (χ0n) is 12.8. The molecule has 20 heavy (non-hydrogen) atoms. The molecule has 0 radical (unpaired) electrons. The van der Waals surface area contributed by atoms with Crippen LogP contribution in [-0.4, -0.2) is 58.5 Å². The van der Waals surface area contributed by atoms with Crippen LogP contribution < -0.4 is 5.32 Å². The van der Waals surface area contributed by atoms with Crippen LogP contribution in [-0.2, 0) is 15.9 Å². The molecule has 1 aliphatic carbocycles. The highest BCUT2D eigenvalue weighted by Gasteiger charge is 2.34. The van der Waals surface area contributed by atoms with Crippen LogP contribution in [0.2, 0.25) is 0 Å². The van der Waals surface area contributed by atoms with Crippen molar-refractivity contribution in [1.29, 1.82) is 0 Å². The third-order valence-corrected chi connectivity index (χ3v) is 4.15. The summed E-state index contributed by atoms with van der Waals surface area (Å²) in [7, 11) is 5.56. The van der Waals surface area contributed by atoms with Crippen molar-refractivity contribution < 1.29 is 9.47 Å². The monoisotopic (exact) mass is 278 g/mol. The Hall–Kier alpha value is -0.940. The molecule has 2 atom stereocenters. The molecule has 1 aromatic carbocycles. The van der Waals surface area contributed by atoms with Crippen molar-refractivity contribution in [2.45, 2.75) is 18.5 Å². The SMILES string of the molecule is CNC1c2ccccc2CC1N(CCOC)CCOC. The second kappa shape index (κ2) is 7.74. The summed E-state index contributed by atoms with van der Waals surface area (Å²) in [6.07, 6.45) is 1.09. The lowest BCUT2D eigenvalue weighted by atomic mass is 10.1. The van der Waals surface area contributed by atoms with Gasteiger partial charge in [0.05, 0.1) is 13.2 Å². The molecule has 1 aliphatic rings. The minimum absolute atomic E-state index is 0.389. The average Bonchev–Trinajstić information content (AvgIpc) is 2.85. The smallest absolute Gasteiger partial charge is 0.0589 e. The van der Waals surface area contributed by atoms with Crippen LogP contribution >= 0.6 is 0 Å². The predicted molar refractivity (Wildman–Crippen MR) is 81.1 cm³/mol. The van der Waals surface area contributed by atoms with Gasteiger partial charge in [-0.05, 0) is 24.6 Å². The van der Waals surface area contributed by atoms with Crippen molar-refractivity contribution in [1.82, 2.24) is 10.2 Å². The number of hydrogen-bond donors (Lipinski definition) is 1. The molecule has 0 fully saturated rings. The minimum Gasteiger partial charge on any atom is -0.383 e. The maximum absolute atomic E-state index is 5.25. The summed E-state index contributed by atoms with van der Waals surface area (Å²) in [4.78, 5) is 2.48. The molecule has 2 unspecified atom stereocenters. The number of benzene rings is 1. The molecule has 4 heteroatoms. The van der Waals surface area contributed by atoms with Gasteiger partial charge in [0.15, 0.2) is 0 Å². The molecule has 0 amide bonds. The Morgan fingerprint density at radius 2 is 1.80 bits per heavy atom. The van der Waals surface area contributed by atoms with Crippen molar-refractivity contribution in [3.63, 3.8) is 0 Å². The molecule has 0 bridgehead atoms. The van der Waals surface area contributed by atoms with Gasteiger partial charge in [-0.25, -0.2) is 0 Å². The molecule has 0 saturated carbocycles. The van der Waals surface area contributed by atoms with Crippen LogP contribution in [0.5, 0.6) is 0 Å². The van der Waals surface area contributed by atoms with Crippen LogP contribution in [0.25, 0.3) is 0 Å². The first-order valence-corrected chi connectivity index (χ1v) is 7.28. The zero-order chi connectivity index (χ0) is 14.4. The van der Waals surface area contributed by atoms with Gasteiger partial charge in [0.2, 0.25) is 0 Å². The summed E-state index contributed by atoms with van der Waals surface area (Å²) in [6, 6.07) is 9.59. The van der Waals surface area contributed by atoms with Gasteiger partial charge in [-0.2, -0.15) is 0 Å². The summed E-state index contributed by atoms with van der Waals surface area (Å²) in [6.45, 7) is 3.40. The summed E-state index contributed by atoms with van der Waals surface area (Å²) in [5.74, 6) is 0. The third kappa shape index (κ3) is 3.38. The number of ether oxygens (including phenoxy) is 2. The maximum Gasteiger partial charge on any atom is 0.0589 e. The topological polar surface area (TPSA) is 33.7 Å². The van der Waals surface area contributed by atoms with Gasteiger partial charge < -0.3 is 14.8 Å². The van der Waals surface area contributed by atoms with Crippen molar-refractivity contribution >= 4 is 0 Å². The summed E-state index contributed by atoms with van der Waals surface area (Å²) in [5.41, 5.74) is 2.89. The lowest BCUT2D eigenvalue weighted by Gasteiger charge is -2.33. The van der Waals surface area contributed by atoms with E-state index < -0.39 is 0 Å². The summed E-state index contributed by atoms with van der Waals surface area (Å²) < 4.78 is 10.5. The molecule has 1 aromatic rings. The van der Waals surface area contributed by atoms with Gasteiger partial charge in [0, 0.05) is 39.4 Å². The van der Waals surface area contributed by atoms with E-state index in [0.29, 0.717) is 12.1 Å². The standard InChI is InChI=1S/C16H26N2O2/c1-17-16-14-7-5-4-6-13(14)12-15(16)18(8-10-19-2)9-11-20-3/h4-7,15-17H,8-12H2,1-3H3. The number of rotatable bonds is 8. The van der Waals surface area contributed by atoms with Gasteiger partial charge in [-0.1, -0.05) is 24.3 Å². The van der Waals surface area contributed by atoms with Crippen LogP contribution in [0.1, 0.15) is 17.2 Å². The van der Waals surface area contributed by atoms with Gasteiger partial charge in [-0.3, -0.25) is 4.90 Å². The first kappa shape index (κ1) is 15.4. The Balaban J connectivity index is 2.12. The van der Waals surface area contributed by atoms with E-state index in [1.165, 1.54) is 11.1 Å². The number of hydrogen-bond acceptors (Lipinski definition) is 4. The van der Waals surface area contributed by atoms with E-state index >= 15 is 0 Å². The molecule has 2 rings (SSSR count). The van der Waals surface area contributed by atoms with E-state index in [4.69, 9.17) is 9.47 Å². The second-order valence-corrected chi connectivity index (χ2v) is 5.26. The highest BCUT2D eigenvalue weighted by molar-refractivity contribution is 5.37. The number of fused-ring (bicyclic) bond motifs is 1. The number of nitrogens with zero attached hydrogens (tertiary/aromatic N) is 1. The Bertz CT molecular complexity index is 403. The Kier molecular flexibility index (Phi) is 5.98. The lowest BCUT2D eigenvalue weighted by Crippen LogP contribution is -2.45. The molecule has 0 spiro atoms. The average molecular weight is 278 g/mol. The first-order chi connectivity index (χ1) is 9.81. The Morgan fingerprint density at radius 1 is 1.15 bits per heavy atom.